The summed E-state index contributed by atoms with van der Waals surface area (Å²) in [4.78, 5) is 0. The number of rotatable bonds is 1. The third-order valence-electron chi connectivity index (χ3n) is 0.725. The molecule has 0 bridgehead atoms. The summed E-state index contributed by atoms with van der Waals surface area (Å²) in [7, 11) is 0. The monoisotopic (exact) mass is 107 g/mol. The maximum absolute atomic E-state index is 4.98. The molecular weight excluding hydrogens is 102 g/mol. The normalized spacial score (nSPS) is 8.38. The van der Waals surface area contributed by atoms with Crippen LogP contribution >= 0.6 is 0 Å². The van der Waals surface area contributed by atoms with Gasteiger partial charge in [0, 0.05) is 6.20 Å². The topological polar surface area (TPSA) is 30.7 Å². The lowest BCUT2D eigenvalue weighted by molar-refractivity contribution is 0.673. The summed E-state index contributed by atoms with van der Waals surface area (Å²) in [5.74, 6) is 2.43. The van der Waals surface area contributed by atoms with Crippen LogP contribution in [0.1, 0.15) is 0 Å². The van der Waals surface area contributed by atoms with E-state index in [0.717, 1.165) is 0 Å². The first-order valence-electron chi connectivity index (χ1n) is 2.21. The van der Waals surface area contributed by atoms with Crippen molar-refractivity contribution in [3.8, 4) is 12.3 Å². The van der Waals surface area contributed by atoms with Gasteiger partial charge in [-0.3, -0.25) is 0 Å². The summed E-state index contributed by atoms with van der Waals surface area (Å²) in [6, 6.07) is 0. The first-order chi connectivity index (χ1) is 3.93. The molecule has 1 heterocycles. The van der Waals surface area contributed by atoms with E-state index in [1.807, 2.05) is 0 Å². The van der Waals surface area contributed by atoms with Crippen LogP contribution in [0, 0.1) is 12.3 Å². The van der Waals surface area contributed by atoms with Crippen LogP contribution < -0.4 is 0 Å². The minimum Gasteiger partial charge on any atom is -0.241 e. The number of nitrogens with zero attached hydrogens (tertiary/aromatic N) is 3. The fourth-order valence-electron chi connectivity index (χ4n) is 0.411. The summed E-state index contributed by atoms with van der Waals surface area (Å²) in [5.41, 5.74) is 0. The molecule has 0 aliphatic carbocycles. The van der Waals surface area contributed by atoms with Gasteiger partial charge in [0.2, 0.25) is 0 Å². The third-order valence-corrected chi connectivity index (χ3v) is 0.725. The predicted molar refractivity (Wildman–Crippen MR) is 28.9 cm³/mol. The maximum Gasteiger partial charge on any atom is 0.103 e. The first-order valence-corrected chi connectivity index (χ1v) is 2.21. The molecule has 40 valence electrons. The molecule has 0 aliphatic heterocycles. The van der Waals surface area contributed by atoms with Gasteiger partial charge < -0.3 is 0 Å². The maximum atomic E-state index is 4.98. The lowest BCUT2D eigenvalue weighted by Gasteiger charge is -1.85. The molecule has 8 heavy (non-hydrogen) atoms. The van der Waals surface area contributed by atoms with Crippen LogP contribution in [0.15, 0.2) is 12.4 Å². The Kier molecular flexibility index (Phi) is 1.29. The van der Waals surface area contributed by atoms with Gasteiger partial charge in [-0.2, -0.15) is 0 Å². The Morgan fingerprint density at radius 1 is 1.75 bits per heavy atom. The van der Waals surface area contributed by atoms with Crippen LogP contribution in [-0.4, -0.2) is 15.0 Å². The van der Waals surface area contributed by atoms with Gasteiger partial charge in [-0.25, -0.2) is 4.68 Å². The zero-order chi connectivity index (χ0) is 5.82. The van der Waals surface area contributed by atoms with Gasteiger partial charge in [-0.15, -0.1) is 11.5 Å². The van der Waals surface area contributed by atoms with Crippen LogP contribution in [0.2, 0.25) is 0 Å². The molecule has 0 unspecified atom stereocenters. The van der Waals surface area contributed by atoms with Crippen molar-refractivity contribution in [1.29, 1.82) is 0 Å². The van der Waals surface area contributed by atoms with E-state index in [2.05, 4.69) is 16.2 Å². The highest BCUT2D eigenvalue weighted by atomic mass is 15.4. The molecule has 0 saturated carbocycles. The average molecular weight is 107 g/mol. The molecule has 0 spiro atoms. The summed E-state index contributed by atoms with van der Waals surface area (Å²) in [5, 5.41) is 7.19. The highest BCUT2D eigenvalue weighted by Gasteiger charge is 1.81. The fourth-order valence-corrected chi connectivity index (χ4v) is 0.411. The lowest BCUT2D eigenvalue weighted by atomic mass is 10.7. The molecule has 3 nitrogen and oxygen atoms in total. The first kappa shape index (κ1) is 4.85. The van der Waals surface area contributed by atoms with E-state index in [1.54, 1.807) is 17.1 Å². The van der Waals surface area contributed by atoms with Gasteiger partial charge in [0.1, 0.15) is 6.54 Å². The summed E-state index contributed by atoms with van der Waals surface area (Å²) < 4.78 is 1.58. The highest BCUT2D eigenvalue weighted by molar-refractivity contribution is 4.84. The van der Waals surface area contributed by atoms with Gasteiger partial charge in [0.25, 0.3) is 0 Å². The highest BCUT2D eigenvalue weighted by Crippen LogP contribution is 1.75. The molecule has 3 heteroatoms. The second kappa shape index (κ2) is 2.12. The Balaban J connectivity index is 2.67. The minimum absolute atomic E-state index is 0.500. The van der Waals surface area contributed by atoms with Crippen molar-refractivity contribution in [2.75, 3.05) is 0 Å². The third kappa shape index (κ3) is 0.850. The minimum atomic E-state index is 0.500. The Bertz CT molecular complexity index is 182. The second-order valence-electron chi connectivity index (χ2n) is 1.30. The SMILES string of the molecule is C#CCn1ccnn1. The van der Waals surface area contributed by atoms with E-state index >= 15 is 0 Å². The molecule has 1 aromatic rings. The van der Waals surface area contributed by atoms with E-state index in [4.69, 9.17) is 6.42 Å². The molecule has 0 N–H and O–H groups in total. The molecule has 0 aliphatic rings. The van der Waals surface area contributed by atoms with Crippen LogP contribution in [0.4, 0.5) is 0 Å². The predicted octanol–water partition coefficient (Wildman–Crippen LogP) is -0.0887. The van der Waals surface area contributed by atoms with E-state index < -0.39 is 0 Å². The zero-order valence-corrected chi connectivity index (χ0v) is 4.28. The van der Waals surface area contributed by atoms with Gasteiger partial charge in [0.15, 0.2) is 0 Å². The lowest BCUT2D eigenvalue weighted by Crippen LogP contribution is -1.94. The standard InChI is InChI=1S/C5H5N3/c1-2-4-8-5-3-6-7-8/h1,3,5H,4H2. The van der Waals surface area contributed by atoms with Gasteiger partial charge >= 0.3 is 0 Å². The van der Waals surface area contributed by atoms with E-state index in [1.165, 1.54) is 0 Å². The van der Waals surface area contributed by atoms with Crippen molar-refractivity contribution >= 4 is 0 Å². The largest absolute Gasteiger partial charge is 0.241 e. The summed E-state index contributed by atoms with van der Waals surface area (Å²) in [6.45, 7) is 0.500. The second-order valence-corrected chi connectivity index (χ2v) is 1.30. The molecule has 0 aromatic carbocycles. The molecule has 0 atom stereocenters. The van der Waals surface area contributed by atoms with Crippen molar-refractivity contribution in [2.45, 2.75) is 6.54 Å². The zero-order valence-electron chi connectivity index (χ0n) is 4.28. The van der Waals surface area contributed by atoms with Gasteiger partial charge in [0.05, 0.1) is 6.20 Å². The van der Waals surface area contributed by atoms with Crippen LogP contribution in [0.5, 0.6) is 0 Å². The Morgan fingerprint density at radius 2 is 2.62 bits per heavy atom. The van der Waals surface area contributed by atoms with Gasteiger partial charge in [-0.05, 0) is 0 Å². The van der Waals surface area contributed by atoms with E-state index in [9.17, 15) is 0 Å². The number of hydrogen-bond donors (Lipinski definition) is 0. The molecule has 0 amide bonds. The molecule has 0 fully saturated rings. The van der Waals surface area contributed by atoms with Gasteiger partial charge in [-0.1, -0.05) is 11.1 Å². The number of aromatic nitrogens is 3. The van der Waals surface area contributed by atoms with Crippen molar-refractivity contribution < 1.29 is 0 Å². The molecule has 1 rings (SSSR count). The van der Waals surface area contributed by atoms with Crippen molar-refractivity contribution in [1.82, 2.24) is 15.0 Å². The molecule has 1 aromatic heterocycles. The molecular formula is C5H5N3. The van der Waals surface area contributed by atoms with E-state index in [0.29, 0.717) is 6.54 Å². The number of hydrogen-bond acceptors (Lipinski definition) is 2. The van der Waals surface area contributed by atoms with Crippen LogP contribution in [-0.2, 0) is 6.54 Å². The van der Waals surface area contributed by atoms with Crippen molar-refractivity contribution in [3.05, 3.63) is 12.4 Å². The van der Waals surface area contributed by atoms with Crippen molar-refractivity contribution in [2.24, 2.45) is 0 Å². The Hall–Kier alpha value is -1.30. The number of terminal acetylenes is 1. The summed E-state index contributed by atoms with van der Waals surface area (Å²) in [6.07, 6.45) is 8.30. The van der Waals surface area contributed by atoms with E-state index in [-0.39, 0.29) is 0 Å². The smallest absolute Gasteiger partial charge is 0.103 e. The molecule has 0 radical (unpaired) electrons. The quantitative estimate of drug-likeness (QED) is 0.469. The fraction of sp³-hybridized carbons (Fsp3) is 0.200. The van der Waals surface area contributed by atoms with Crippen LogP contribution in [0.3, 0.4) is 0 Å². The Morgan fingerprint density at radius 3 is 3.12 bits per heavy atom. The average Bonchev–Trinajstić information content (AvgIpc) is 2.19. The molecule has 0 saturated heterocycles. The summed E-state index contributed by atoms with van der Waals surface area (Å²) >= 11 is 0. The van der Waals surface area contributed by atoms with Crippen molar-refractivity contribution in [3.63, 3.8) is 0 Å². The van der Waals surface area contributed by atoms with Crippen LogP contribution in [0.25, 0.3) is 0 Å². The Labute approximate surface area is 47.3 Å².